The molecule has 0 saturated carbocycles. The number of benzene rings is 3. The standard InChI is InChI=1S/C38H44O9S/c1-5-48-38-33(45-35(40)27-17-11-7-12-18-27)25(4)32(30(44-38)21-41-34(39)26-15-9-6-10-16-26)46-36-24(3)23(2)31-29(43-36)22-42-37(47-31)28-19-13-8-14-20-28/h6-20,23-25,29-33,36-38H,5,21-22H2,1-4H3/t23?,24?,25?,29-,30-,31-,32-,33?,36+,37?,38-/m0/s1. The van der Waals surface area contributed by atoms with E-state index < -0.39 is 48.3 Å². The lowest BCUT2D eigenvalue weighted by Crippen LogP contribution is -2.60. The van der Waals surface area contributed by atoms with Gasteiger partial charge in [0.25, 0.3) is 0 Å². The van der Waals surface area contributed by atoms with Gasteiger partial charge in [0, 0.05) is 17.4 Å². The van der Waals surface area contributed by atoms with E-state index in [9.17, 15) is 9.59 Å². The number of fused-ring (bicyclic) bond motifs is 1. The Labute approximate surface area is 286 Å². The summed E-state index contributed by atoms with van der Waals surface area (Å²) >= 11 is 1.54. The molecule has 3 aliphatic rings. The normalized spacial score (nSPS) is 33.3. The van der Waals surface area contributed by atoms with Crippen molar-refractivity contribution < 1.29 is 42.7 Å². The minimum atomic E-state index is -0.645. The van der Waals surface area contributed by atoms with Gasteiger partial charge >= 0.3 is 11.9 Å². The number of hydrogen-bond acceptors (Lipinski definition) is 10. The van der Waals surface area contributed by atoms with Crippen LogP contribution in [0, 0.1) is 17.8 Å². The Morgan fingerprint density at radius 1 is 0.750 bits per heavy atom. The zero-order valence-corrected chi connectivity index (χ0v) is 28.5. The first kappa shape index (κ1) is 34.6. The molecule has 11 atom stereocenters. The van der Waals surface area contributed by atoms with E-state index in [2.05, 4.69) is 13.8 Å². The van der Waals surface area contributed by atoms with Crippen LogP contribution in [-0.2, 0) is 33.2 Å². The molecule has 3 fully saturated rings. The molecule has 5 unspecified atom stereocenters. The van der Waals surface area contributed by atoms with Crippen molar-refractivity contribution in [3.63, 3.8) is 0 Å². The van der Waals surface area contributed by atoms with Crippen LogP contribution in [0.15, 0.2) is 91.0 Å². The van der Waals surface area contributed by atoms with Crippen molar-refractivity contribution in [2.24, 2.45) is 17.8 Å². The van der Waals surface area contributed by atoms with E-state index in [0.29, 0.717) is 17.7 Å². The van der Waals surface area contributed by atoms with Gasteiger partial charge in [0.2, 0.25) is 0 Å². The lowest BCUT2D eigenvalue weighted by Gasteiger charge is -2.50. The fourth-order valence-corrected chi connectivity index (χ4v) is 7.60. The maximum Gasteiger partial charge on any atom is 0.338 e. The third kappa shape index (κ3) is 7.80. The molecule has 0 spiro atoms. The summed E-state index contributed by atoms with van der Waals surface area (Å²) in [5.74, 6) is -0.478. The van der Waals surface area contributed by atoms with Crippen LogP contribution in [-0.4, -0.2) is 73.2 Å². The van der Waals surface area contributed by atoms with E-state index in [0.717, 1.165) is 11.3 Å². The lowest BCUT2D eigenvalue weighted by atomic mass is 9.83. The summed E-state index contributed by atoms with van der Waals surface area (Å²) in [6, 6.07) is 27.6. The van der Waals surface area contributed by atoms with Crippen LogP contribution < -0.4 is 0 Å². The maximum absolute atomic E-state index is 13.3. The molecule has 48 heavy (non-hydrogen) atoms. The molecule has 9 nitrogen and oxygen atoms in total. The van der Waals surface area contributed by atoms with Crippen LogP contribution in [0.5, 0.6) is 0 Å². The summed E-state index contributed by atoms with van der Waals surface area (Å²) in [4.78, 5) is 26.3. The molecule has 0 aliphatic carbocycles. The Hall–Kier alpha value is -3.25. The summed E-state index contributed by atoms with van der Waals surface area (Å²) in [5, 5.41) is 0. The van der Waals surface area contributed by atoms with Gasteiger partial charge in [-0.1, -0.05) is 94.4 Å². The fraction of sp³-hybridized carbons (Fsp3) is 0.474. The van der Waals surface area contributed by atoms with Crippen molar-refractivity contribution in [2.45, 2.75) is 76.2 Å². The van der Waals surface area contributed by atoms with E-state index in [1.54, 1.807) is 48.5 Å². The largest absolute Gasteiger partial charge is 0.459 e. The Morgan fingerprint density at radius 2 is 1.38 bits per heavy atom. The summed E-state index contributed by atoms with van der Waals surface area (Å²) in [5.41, 5.74) is 1.37. The minimum absolute atomic E-state index is 0.0451. The summed E-state index contributed by atoms with van der Waals surface area (Å²) in [7, 11) is 0. The molecular formula is C38H44O9S. The van der Waals surface area contributed by atoms with Gasteiger partial charge in [0.1, 0.15) is 30.4 Å². The quantitative estimate of drug-likeness (QED) is 0.216. The topological polar surface area (TPSA) is 98.8 Å². The second-order valence-electron chi connectivity index (χ2n) is 12.6. The molecule has 256 valence electrons. The highest BCUT2D eigenvalue weighted by molar-refractivity contribution is 7.99. The number of esters is 2. The molecule has 3 aromatic carbocycles. The average Bonchev–Trinajstić information content (AvgIpc) is 3.13. The van der Waals surface area contributed by atoms with Crippen LogP contribution in [0.25, 0.3) is 0 Å². The number of hydrogen-bond donors (Lipinski definition) is 0. The monoisotopic (exact) mass is 676 g/mol. The fourth-order valence-electron chi connectivity index (χ4n) is 6.55. The molecule has 0 aromatic heterocycles. The highest BCUT2D eigenvalue weighted by Crippen LogP contribution is 2.42. The number of carbonyl (C=O) groups excluding carboxylic acids is 2. The van der Waals surface area contributed by atoms with E-state index in [1.165, 1.54) is 11.8 Å². The van der Waals surface area contributed by atoms with Crippen LogP contribution >= 0.6 is 11.8 Å². The molecule has 6 rings (SSSR count). The van der Waals surface area contributed by atoms with E-state index >= 15 is 0 Å². The van der Waals surface area contributed by atoms with Gasteiger partial charge in [-0.15, -0.1) is 11.8 Å². The molecule has 10 heteroatoms. The van der Waals surface area contributed by atoms with Crippen molar-refractivity contribution in [3.8, 4) is 0 Å². The predicted octanol–water partition coefficient (Wildman–Crippen LogP) is 6.68. The number of ether oxygens (including phenoxy) is 7. The molecule has 0 N–H and O–H groups in total. The first-order chi connectivity index (χ1) is 23.3. The first-order valence-corrected chi connectivity index (χ1v) is 17.8. The first-order valence-electron chi connectivity index (χ1n) is 16.7. The van der Waals surface area contributed by atoms with Crippen molar-refractivity contribution in [1.29, 1.82) is 0 Å². The average molecular weight is 677 g/mol. The molecule has 0 radical (unpaired) electrons. The third-order valence-electron chi connectivity index (χ3n) is 9.46. The Balaban J connectivity index is 1.21. The Kier molecular flexibility index (Phi) is 11.5. The third-order valence-corrected chi connectivity index (χ3v) is 10.5. The maximum atomic E-state index is 13.3. The zero-order chi connectivity index (χ0) is 33.6. The highest BCUT2D eigenvalue weighted by Gasteiger charge is 2.52. The smallest absolute Gasteiger partial charge is 0.338 e. The Bertz CT molecular complexity index is 1470. The van der Waals surface area contributed by atoms with Crippen molar-refractivity contribution in [1.82, 2.24) is 0 Å². The summed E-state index contributed by atoms with van der Waals surface area (Å²) in [6.07, 6.45) is -3.54. The lowest BCUT2D eigenvalue weighted by molar-refractivity contribution is -0.358. The summed E-state index contributed by atoms with van der Waals surface area (Å²) < 4.78 is 44.5. The minimum Gasteiger partial charge on any atom is -0.459 e. The molecule has 3 aromatic rings. The Morgan fingerprint density at radius 3 is 2.02 bits per heavy atom. The number of rotatable bonds is 10. The van der Waals surface area contributed by atoms with Gasteiger partial charge < -0.3 is 33.2 Å². The predicted molar refractivity (Wildman–Crippen MR) is 180 cm³/mol. The second kappa shape index (κ2) is 16.0. The van der Waals surface area contributed by atoms with Crippen LogP contribution in [0.4, 0.5) is 0 Å². The van der Waals surface area contributed by atoms with Crippen molar-refractivity contribution >= 4 is 23.7 Å². The van der Waals surface area contributed by atoms with E-state index in [4.69, 9.17) is 33.2 Å². The van der Waals surface area contributed by atoms with Crippen LogP contribution in [0.1, 0.15) is 60.3 Å². The van der Waals surface area contributed by atoms with E-state index in [1.807, 2.05) is 56.3 Å². The van der Waals surface area contributed by atoms with E-state index in [-0.39, 0.29) is 36.6 Å². The van der Waals surface area contributed by atoms with Gasteiger partial charge in [0.15, 0.2) is 12.6 Å². The van der Waals surface area contributed by atoms with Crippen LogP contribution in [0.3, 0.4) is 0 Å². The van der Waals surface area contributed by atoms with Gasteiger partial charge in [-0.3, -0.25) is 0 Å². The molecule has 3 heterocycles. The molecule has 3 saturated heterocycles. The van der Waals surface area contributed by atoms with Gasteiger partial charge in [-0.25, -0.2) is 9.59 Å². The van der Waals surface area contributed by atoms with Crippen molar-refractivity contribution in [3.05, 3.63) is 108 Å². The number of carbonyl (C=O) groups is 2. The molecule has 3 aliphatic heterocycles. The molecule has 0 bridgehead atoms. The van der Waals surface area contributed by atoms with Crippen molar-refractivity contribution in [2.75, 3.05) is 19.0 Å². The number of thioether (sulfide) groups is 1. The molecule has 0 amide bonds. The second-order valence-corrected chi connectivity index (χ2v) is 14.0. The van der Waals surface area contributed by atoms with Gasteiger partial charge in [-0.2, -0.15) is 0 Å². The highest BCUT2D eigenvalue weighted by atomic mass is 32.2. The summed E-state index contributed by atoms with van der Waals surface area (Å²) in [6.45, 7) is 8.55. The van der Waals surface area contributed by atoms with Gasteiger partial charge in [-0.05, 0) is 35.9 Å². The zero-order valence-electron chi connectivity index (χ0n) is 27.7. The molecular weight excluding hydrogens is 632 g/mol. The van der Waals surface area contributed by atoms with Crippen LogP contribution in [0.2, 0.25) is 0 Å². The SMILES string of the molecule is CCS[C@@H]1O[C@@H](COC(=O)c2ccccc2)[C@@H](O[C@H]2O[C@H]3COC(c4ccccc4)O[C@H]3C(C)C2C)C(C)C1OC(=O)c1ccccc1. The van der Waals surface area contributed by atoms with Gasteiger partial charge in [0.05, 0.1) is 29.9 Å².